The van der Waals surface area contributed by atoms with Gasteiger partial charge in [0, 0.05) is 18.3 Å². The number of carbonyl (C=O) groups excluding carboxylic acids is 1. The quantitative estimate of drug-likeness (QED) is 0.623. The van der Waals surface area contributed by atoms with Crippen molar-refractivity contribution in [2.24, 2.45) is 0 Å². The Labute approximate surface area is 167 Å². The van der Waals surface area contributed by atoms with Crippen molar-refractivity contribution in [3.05, 3.63) is 41.6 Å². The van der Waals surface area contributed by atoms with Crippen molar-refractivity contribution in [1.29, 1.82) is 0 Å². The maximum Gasteiger partial charge on any atom is 0.346 e. The third-order valence-corrected chi connectivity index (χ3v) is 5.94. The zero-order chi connectivity index (χ0) is 20.6. The number of rotatable bonds is 5. The Morgan fingerprint density at radius 2 is 1.89 bits per heavy atom. The summed E-state index contributed by atoms with van der Waals surface area (Å²) in [7, 11) is -3.94. The highest BCUT2D eigenvalue weighted by Gasteiger charge is 2.28. The van der Waals surface area contributed by atoms with E-state index in [1.807, 2.05) is 27.7 Å². The molecule has 1 amide bonds. The van der Waals surface area contributed by atoms with E-state index in [1.54, 1.807) is 33.7 Å². The van der Waals surface area contributed by atoms with E-state index >= 15 is 0 Å². The van der Waals surface area contributed by atoms with Crippen LogP contribution in [0.3, 0.4) is 0 Å². The number of sulfone groups is 1. The largest absolute Gasteiger partial charge is 0.346 e. The summed E-state index contributed by atoms with van der Waals surface area (Å²) < 4.78 is 28.0. The molecule has 0 atom stereocenters. The van der Waals surface area contributed by atoms with E-state index in [0.29, 0.717) is 5.65 Å². The molecule has 28 heavy (non-hydrogen) atoms. The van der Waals surface area contributed by atoms with Crippen LogP contribution in [0.1, 0.15) is 33.4 Å². The molecule has 0 bridgehead atoms. The van der Waals surface area contributed by atoms with E-state index in [4.69, 9.17) is 11.6 Å². The number of amides is 1. The molecule has 0 aromatic carbocycles. The number of hydrogen-bond acceptors (Lipinski definition) is 6. The lowest BCUT2D eigenvalue weighted by atomic mass is 10.2. The Morgan fingerprint density at radius 1 is 1.21 bits per heavy atom. The maximum atomic E-state index is 12.7. The van der Waals surface area contributed by atoms with E-state index in [0.717, 1.165) is 11.0 Å². The molecule has 150 valence electrons. The normalized spacial score (nSPS) is 12.2. The second kappa shape index (κ2) is 7.51. The average molecular weight is 425 g/mol. The first-order valence-corrected chi connectivity index (χ1v) is 10.7. The monoisotopic (exact) mass is 424 g/mol. The maximum absolute atomic E-state index is 12.7. The van der Waals surface area contributed by atoms with Gasteiger partial charge in [-0.1, -0.05) is 17.7 Å². The van der Waals surface area contributed by atoms with Crippen molar-refractivity contribution < 1.29 is 13.2 Å². The fourth-order valence-electron chi connectivity index (χ4n) is 2.99. The molecule has 0 aliphatic rings. The van der Waals surface area contributed by atoms with E-state index in [1.165, 1.54) is 0 Å². The number of carbonyl (C=O) groups is 1. The predicted molar refractivity (Wildman–Crippen MR) is 104 cm³/mol. The van der Waals surface area contributed by atoms with Crippen LogP contribution in [0.25, 0.3) is 5.65 Å². The van der Waals surface area contributed by atoms with Crippen LogP contribution >= 0.6 is 11.6 Å². The van der Waals surface area contributed by atoms with E-state index in [-0.39, 0.29) is 22.9 Å². The van der Waals surface area contributed by atoms with Gasteiger partial charge in [0.05, 0.1) is 5.69 Å². The van der Waals surface area contributed by atoms with Crippen molar-refractivity contribution in [3.8, 4) is 0 Å². The van der Waals surface area contributed by atoms with Gasteiger partial charge in [-0.3, -0.25) is 4.40 Å². The summed E-state index contributed by atoms with van der Waals surface area (Å²) in [6.07, 6.45) is 2.80. The van der Waals surface area contributed by atoms with Gasteiger partial charge in [-0.15, -0.1) is 5.10 Å². The molecule has 0 saturated carbocycles. The molecule has 3 aromatic heterocycles. The molecule has 0 aliphatic heterocycles. The Kier molecular flexibility index (Phi) is 5.44. The van der Waals surface area contributed by atoms with Gasteiger partial charge in [0.25, 0.3) is 5.16 Å². The van der Waals surface area contributed by atoms with Crippen LogP contribution in [0.4, 0.5) is 4.79 Å². The zero-order valence-electron chi connectivity index (χ0n) is 15.9. The minimum atomic E-state index is -3.94. The number of hydrogen-bond donors (Lipinski definition) is 0. The van der Waals surface area contributed by atoms with Gasteiger partial charge in [0.2, 0.25) is 9.84 Å². The molecule has 9 nitrogen and oxygen atoms in total. The Bertz CT molecular complexity index is 1110. The first kappa shape index (κ1) is 20.3. The van der Waals surface area contributed by atoms with Crippen molar-refractivity contribution in [1.82, 2.24) is 29.0 Å². The van der Waals surface area contributed by atoms with Crippen LogP contribution in [-0.4, -0.2) is 55.6 Å². The van der Waals surface area contributed by atoms with Gasteiger partial charge in [-0.05, 0) is 39.8 Å². The van der Waals surface area contributed by atoms with Crippen LogP contribution in [0.2, 0.25) is 5.15 Å². The third kappa shape index (κ3) is 3.74. The van der Waals surface area contributed by atoms with Gasteiger partial charge in [0.1, 0.15) is 22.9 Å². The van der Waals surface area contributed by atoms with E-state index < -0.39 is 26.8 Å². The second-order valence-corrected chi connectivity index (χ2v) is 9.13. The summed E-state index contributed by atoms with van der Waals surface area (Å²) in [5, 5.41) is 3.66. The summed E-state index contributed by atoms with van der Waals surface area (Å²) in [5.74, 6) is -0.468. The number of fused-ring (bicyclic) bond motifs is 1. The smallest absolute Gasteiger partial charge is 0.318 e. The lowest BCUT2D eigenvalue weighted by Gasteiger charge is -2.29. The molecule has 3 heterocycles. The topological polar surface area (TPSA) is 102 Å². The molecular formula is C17H21ClN6O3S. The fraction of sp³-hybridized carbons (Fsp3) is 0.412. The summed E-state index contributed by atoms with van der Waals surface area (Å²) >= 11 is 6.25. The van der Waals surface area contributed by atoms with E-state index in [9.17, 15) is 13.2 Å². The molecule has 3 aromatic rings. The van der Waals surface area contributed by atoms with Crippen LogP contribution in [-0.2, 0) is 15.6 Å². The lowest BCUT2D eigenvalue weighted by Crippen LogP contribution is -2.44. The van der Waals surface area contributed by atoms with Gasteiger partial charge in [0.15, 0.2) is 0 Å². The van der Waals surface area contributed by atoms with Crippen molar-refractivity contribution >= 4 is 33.1 Å². The minimum absolute atomic E-state index is 0.0754. The molecule has 0 unspecified atom stereocenters. The van der Waals surface area contributed by atoms with E-state index in [2.05, 4.69) is 15.1 Å². The number of nitrogens with zero attached hydrogens (tertiary/aromatic N) is 6. The molecule has 0 spiro atoms. The third-order valence-electron chi connectivity index (χ3n) is 4.14. The Hall–Kier alpha value is -2.46. The lowest BCUT2D eigenvalue weighted by molar-refractivity contribution is 0.163. The first-order valence-electron chi connectivity index (χ1n) is 8.70. The average Bonchev–Trinajstić information content (AvgIpc) is 3.21. The van der Waals surface area contributed by atoms with Crippen LogP contribution in [0, 0.1) is 0 Å². The number of halogens is 1. The molecule has 3 rings (SSSR count). The molecule has 0 radical (unpaired) electrons. The number of imidazole rings is 1. The van der Waals surface area contributed by atoms with Crippen LogP contribution in [0.5, 0.6) is 0 Å². The highest BCUT2D eigenvalue weighted by atomic mass is 35.5. The molecular weight excluding hydrogens is 404 g/mol. The SMILES string of the molecule is CC(C)N(C(=O)n1cnc(S(=O)(=O)Cc2nc3ccccn3c2Cl)n1)C(C)C. The minimum Gasteiger partial charge on any atom is -0.318 e. The van der Waals surface area contributed by atoms with Crippen LogP contribution < -0.4 is 0 Å². The van der Waals surface area contributed by atoms with Gasteiger partial charge in [-0.25, -0.2) is 23.2 Å². The van der Waals surface area contributed by atoms with Crippen molar-refractivity contribution in [3.63, 3.8) is 0 Å². The summed E-state index contributed by atoms with van der Waals surface area (Å²) in [6.45, 7) is 7.49. The number of aromatic nitrogens is 5. The second-order valence-electron chi connectivity index (χ2n) is 6.89. The molecule has 0 fully saturated rings. The van der Waals surface area contributed by atoms with Gasteiger partial charge < -0.3 is 4.90 Å². The Morgan fingerprint density at radius 3 is 2.50 bits per heavy atom. The fourth-order valence-corrected chi connectivity index (χ4v) is 4.43. The van der Waals surface area contributed by atoms with Crippen molar-refractivity contribution in [2.75, 3.05) is 0 Å². The van der Waals surface area contributed by atoms with Crippen molar-refractivity contribution in [2.45, 2.75) is 50.7 Å². The number of pyridine rings is 1. The molecule has 0 saturated heterocycles. The standard InChI is InChI=1S/C17H21ClN6O3S/c1-11(2)24(12(3)4)17(25)23-10-19-16(21-23)28(26,27)9-13-15(18)22-8-6-5-7-14(22)20-13/h5-8,10-12H,9H2,1-4H3. The molecule has 11 heteroatoms. The Balaban J connectivity index is 1.89. The highest BCUT2D eigenvalue weighted by molar-refractivity contribution is 7.90. The highest BCUT2D eigenvalue weighted by Crippen LogP contribution is 2.22. The predicted octanol–water partition coefficient (Wildman–Crippen LogP) is 2.64. The molecule has 0 aliphatic carbocycles. The summed E-state index contributed by atoms with van der Waals surface area (Å²) in [4.78, 5) is 22.3. The molecule has 0 N–H and O–H groups in total. The first-order chi connectivity index (χ1) is 13.1. The zero-order valence-corrected chi connectivity index (χ0v) is 17.5. The van der Waals surface area contributed by atoms with Crippen LogP contribution in [0.15, 0.2) is 35.9 Å². The summed E-state index contributed by atoms with van der Waals surface area (Å²) in [6, 6.07) is 4.68. The van der Waals surface area contributed by atoms with Gasteiger partial charge in [-0.2, -0.15) is 4.68 Å². The van der Waals surface area contributed by atoms with Gasteiger partial charge >= 0.3 is 6.03 Å². The summed E-state index contributed by atoms with van der Waals surface area (Å²) in [5.41, 5.74) is 0.734.